The Morgan fingerprint density at radius 3 is 2.61 bits per heavy atom. The van der Waals surface area contributed by atoms with E-state index in [1.807, 2.05) is 30.3 Å². The molecule has 0 aromatic heterocycles. The van der Waals surface area contributed by atoms with E-state index in [1.165, 1.54) is 19.2 Å². The average molecular weight is 541 g/mol. The van der Waals surface area contributed by atoms with Crippen molar-refractivity contribution in [2.24, 2.45) is 0 Å². The Kier molecular flexibility index (Phi) is 6.18. The molecule has 6 nitrogen and oxygen atoms in total. The highest BCUT2D eigenvalue weighted by Gasteiger charge is 2.50. The number of carbonyl (C=O) groups is 1. The van der Waals surface area contributed by atoms with Crippen molar-refractivity contribution in [3.8, 4) is 16.9 Å². The Morgan fingerprint density at radius 1 is 1.16 bits per heavy atom. The SMILES string of the molecule is CNC(=O)c1cc2c(c(F)c1-c1c(Cl)c(F)cc3c1C[C@](c1ccccc1)([C@@H]1CCCN1)O3)[C@H](O)C[C@H]2O. The highest BCUT2D eigenvalue weighted by Crippen LogP contribution is 2.53. The summed E-state index contributed by atoms with van der Waals surface area (Å²) in [5.74, 6) is -2.12. The minimum absolute atomic E-state index is 0.0185. The highest BCUT2D eigenvalue weighted by atomic mass is 35.5. The van der Waals surface area contributed by atoms with Gasteiger partial charge in [0.25, 0.3) is 5.91 Å². The first-order valence-electron chi connectivity index (χ1n) is 12.7. The Morgan fingerprint density at radius 2 is 1.92 bits per heavy atom. The number of aliphatic hydroxyl groups is 2. The van der Waals surface area contributed by atoms with Crippen LogP contribution in [0.5, 0.6) is 5.75 Å². The molecule has 0 spiro atoms. The summed E-state index contributed by atoms with van der Waals surface area (Å²) < 4.78 is 38.3. The van der Waals surface area contributed by atoms with E-state index in [1.54, 1.807) is 0 Å². The van der Waals surface area contributed by atoms with Crippen LogP contribution in [0.3, 0.4) is 0 Å². The lowest BCUT2D eigenvalue weighted by Crippen LogP contribution is -2.48. The van der Waals surface area contributed by atoms with Crippen LogP contribution < -0.4 is 15.4 Å². The molecule has 3 aromatic carbocycles. The number of benzene rings is 3. The van der Waals surface area contributed by atoms with Gasteiger partial charge in [-0.3, -0.25) is 4.79 Å². The predicted molar refractivity (Wildman–Crippen MR) is 138 cm³/mol. The van der Waals surface area contributed by atoms with Crippen LogP contribution in [0.1, 0.15) is 64.1 Å². The van der Waals surface area contributed by atoms with E-state index in [9.17, 15) is 15.0 Å². The van der Waals surface area contributed by atoms with Crippen molar-refractivity contribution in [2.75, 3.05) is 13.6 Å². The van der Waals surface area contributed by atoms with Crippen LogP contribution in [0.25, 0.3) is 11.1 Å². The molecule has 3 aromatic rings. The molecule has 0 bridgehead atoms. The molecule has 0 saturated carbocycles. The van der Waals surface area contributed by atoms with E-state index in [0.717, 1.165) is 24.9 Å². The number of rotatable bonds is 4. The molecule has 1 aliphatic carbocycles. The van der Waals surface area contributed by atoms with Crippen molar-refractivity contribution in [3.63, 3.8) is 0 Å². The van der Waals surface area contributed by atoms with Gasteiger partial charge in [0, 0.05) is 48.2 Å². The lowest BCUT2D eigenvalue weighted by atomic mass is 9.80. The molecular formula is C29H27ClF2N2O4. The minimum Gasteiger partial charge on any atom is -0.480 e. The summed E-state index contributed by atoms with van der Waals surface area (Å²) in [5, 5.41) is 26.6. The number of halogens is 3. The molecule has 198 valence electrons. The molecule has 1 fully saturated rings. The molecule has 9 heteroatoms. The quantitative estimate of drug-likeness (QED) is 0.385. The summed E-state index contributed by atoms with van der Waals surface area (Å²) in [5.41, 5.74) is 0.175. The molecule has 2 heterocycles. The summed E-state index contributed by atoms with van der Waals surface area (Å²) in [6.45, 7) is 0.807. The smallest absolute Gasteiger partial charge is 0.251 e. The van der Waals surface area contributed by atoms with Crippen molar-refractivity contribution < 1.29 is 28.5 Å². The number of hydrogen-bond donors (Lipinski definition) is 4. The standard InChI is InChI=1S/C29H27ClF2N2O4/c1-33-28(37)16-10-15-19(35)12-20(36)23(15)27(32)25(16)24-17-13-29(22-8-5-9-34-22,14-6-3-2-4-7-14)38-21(17)11-18(31)26(24)30/h2-4,6-7,10-11,19-20,22,34-36H,5,8-9,12-13H2,1H3,(H,33,37)/t19-,20-,22+,29+/m1/s1. The van der Waals surface area contributed by atoms with Gasteiger partial charge in [0.2, 0.25) is 0 Å². The van der Waals surface area contributed by atoms with Crippen LogP contribution in [0.4, 0.5) is 8.78 Å². The fourth-order valence-electron chi connectivity index (χ4n) is 6.34. The number of nitrogens with one attached hydrogen (secondary N) is 2. The van der Waals surface area contributed by atoms with Crippen molar-refractivity contribution in [1.29, 1.82) is 0 Å². The average Bonchev–Trinajstić information content (AvgIpc) is 3.64. The van der Waals surface area contributed by atoms with Crippen LogP contribution in [0, 0.1) is 11.6 Å². The number of fused-ring (bicyclic) bond motifs is 2. The maximum Gasteiger partial charge on any atom is 0.251 e. The first-order valence-corrected chi connectivity index (χ1v) is 13.1. The molecule has 1 amide bonds. The second-order valence-corrected chi connectivity index (χ2v) is 10.5. The third kappa shape index (κ3) is 3.66. The number of ether oxygens (including phenoxy) is 1. The van der Waals surface area contributed by atoms with Crippen molar-refractivity contribution in [2.45, 2.75) is 49.5 Å². The zero-order valence-electron chi connectivity index (χ0n) is 20.7. The van der Waals surface area contributed by atoms with Gasteiger partial charge in [-0.1, -0.05) is 41.9 Å². The van der Waals surface area contributed by atoms with Crippen LogP contribution in [-0.2, 0) is 12.0 Å². The largest absolute Gasteiger partial charge is 0.480 e. The molecule has 3 aliphatic rings. The van der Waals surface area contributed by atoms with E-state index in [0.29, 0.717) is 5.56 Å². The molecule has 4 atom stereocenters. The van der Waals surface area contributed by atoms with Gasteiger partial charge in [0.1, 0.15) is 17.4 Å². The summed E-state index contributed by atoms with van der Waals surface area (Å²) in [6.07, 6.45) is -0.487. The normalized spacial score (nSPS) is 25.7. The van der Waals surface area contributed by atoms with Crippen LogP contribution in [-0.4, -0.2) is 35.8 Å². The second-order valence-electron chi connectivity index (χ2n) is 10.2. The fraction of sp³-hybridized carbons (Fsp3) is 0.345. The number of amides is 1. The maximum atomic E-state index is 16.4. The van der Waals surface area contributed by atoms with E-state index < -0.39 is 35.4 Å². The molecule has 0 unspecified atom stereocenters. The van der Waals surface area contributed by atoms with Crippen molar-refractivity contribution in [3.05, 3.63) is 86.9 Å². The molecule has 4 N–H and O–H groups in total. The summed E-state index contributed by atoms with van der Waals surface area (Å²) in [4.78, 5) is 13.0. The van der Waals surface area contributed by atoms with Crippen molar-refractivity contribution >= 4 is 17.5 Å². The van der Waals surface area contributed by atoms with E-state index in [4.69, 9.17) is 16.3 Å². The molecule has 0 radical (unpaired) electrons. The number of carbonyl (C=O) groups excluding carboxylic acids is 1. The molecule has 1 saturated heterocycles. The van der Waals surface area contributed by atoms with Crippen LogP contribution in [0.2, 0.25) is 5.02 Å². The predicted octanol–water partition coefficient (Wildman–Crippen LogP) is 4.70. The first kappa shape index (κ1) is 25.2. The van der Waals surface area contributed by atoms with Gasteiger partial charge >= 0.3 is 0 Å². The van der Waals surface area contributed by atoms with Gasteiger partial charge in [-0.25, -0.2) is 8.78 Å². The van der Waals surface area contributed by atoms with E-state index >= 15 is 8.78 Å². The maximum absolute atomic E-state index is 16.4. The summed E-state index contributed by atoms with van der Waals surface area (Å²) >= 11 is 6.56. The third-order valence-corrected chi connectivity index (χ3v) is 8.47. The number of hydrogen-bond acceptors (Lipinski definition) is 5. The monoisotopic (exact) mass is 540 g/mol. The highest BCUT2D eigenvalue weighted by molar-refractivity contribution is 6.34. The van der Waals surface area contributed by atoms with Crippen LogP contribution in [0.15, 0.2) is 42.5 Å². The zero-order valence-corrected chi connectivity index (χ0v) is 21.4. The summed E-state index contributed by atoms with van der Waals surface area (Å²) in [6, 6.07) is 12.1. The molecule has 2 aliphatic heterocycles. The topological polar surface area (TPSA) is 90.8 Å². The van der Waals surface area contributed by atoms with E-state index in [-0.39, 0.29) is 57.5 Å². The van der Waals surface area contributed by atoms with Gasteiger partial charge in [0.15, 0.2) is 5.60 Å². The lowest BCUT2D eigenvalue weighted by molar-refractivity contribution is 0.0539. The van der Waals surface area contributed by atoms with Crippen LogP contribution >= 0.6 is 11.6 Å². The fourth-order valence-corrected chi connectivity index (χ4v) is 6.60. The second kappa shape index (κ2) is 9.31. The molecular weight excluding hydrogens is 514 g/mol. The van der Waals surface area contributed by atoms with Gasteiger partial charge in [-0.2, -0.15) is 0 Å². The number of aliphatic hydroxyl groups excluding tert-OH is 2. The Balaban J connectivity index is 1.62. The van der Waals surface area contributed by atoms with Gasteiger partial charge in [-0.05, 0) is 36.6 Å². The zero-order chi connectivity index (χ0) is 26.8. The van der Waals surface area contributed by atoms with Crippen molar-refractivity contribution in [1.82, 2.24) is 10.6 Å². The summed E-state index contributed by atoms with van der Waals surface area (Å²) in [7, 11) is 1.40. The Bertz CT molecular complexity index is 1440. The Hall–Kier alpha value is -3.04. The molecule has 6 rings (SSSR count). The van der Waals surface area contributed by atoms with Gasteiger partial charge in [0.05, 0.1) is 28.8 Å². The lowest BCUT2D eigenvalue weighted by Gasteiger charge is -2.35. The van der Waals surface area contributed by atoms with Gasteiger partial charge in [-0.15, -0.1) is 0 Å². The third-order valence-electron chi connectivity index (χ3n) is 8.10. The molecule has 38 heavy (non-hydrogen) atoms. The van der Waals surface area contributed by atoms with E-state index in [2.05, 4.69) is 10.6 Å². The first-order chi connectivity index (χ1) is 18.3. The van der Waals surface area contributed by atoms with Gasteiger partial charge < -0.3 is 25.6 Å². The minimum atomic E-state index is -1.28. The Labute approximate surface area is 223 Å².